The molecule has 0 bridgehead atoms. The van der Waals surface area contributed by atoms with Crippen LogP contribution in [0.2, 0.25) is 5.02 Å². The fourth-order valence-electron chi connectivity index (χ4n) is 3.30. The van der Waals surface area contributed by atoms with Gasteiger partial charge in [0.15, 0.2) is 0 Å². The second-order valence-electron chi connectivity index (χ2n) is 5.74. The first-order chi connectivity index (χ1) is 8.17. The number of benzene rings is 1. The molecule has 2 saturated carbocycles. The molecule has 2 atom stereocenters. The molecule has 2 fully saturated rings. The van der Waals surface area contributed by atoms with Gasteiger partial charge in [0, 0.05) is 5.02 Å². The van der Waals surface area contributed by atoms with Gasteiger partial charge in [-0.25, -0.2) is 0 Å². The minimum atomic E-state index is -0.629. The van der Waals surface area contributed by atoms with E-state index in [1.54, 1.807) is 0 Å². The van der Waals surface area contributed by atoms with Crippen LogP contribution >= 0.6 is 11.6 Å². The number of rotatable bonds is 2. The van der Waals surface area contributed by atoms with Crippen molar-refractivity contribution in [2.75, 3.05) is 0 Å². The highest BCUT2D eigenvalue weighted by atomic mass is 35.5. The van der Waals surface area contributed by atoms with Gasteiger partial charge in [0.1, 0.15) is 0 Å². The molecule has 3 rings (SSSR count). The Morgan fingerprint density at radius 2 is 2.00 bits per heavy atom. The van der Waals surface area contributed by atoms with E-state index in [1.165, 1.54) is 19.3 Å². The first-order valence-corrected chi connectivity index (χ1v) is 7.04. The Morgan fingerprint density at radius 1 is 1.18 bits per heavy atom. The van der Waals surface area contributed by atoms with E-state index in [0.29, 0.717) is 0 Å². The minimum absolute atomic E-state index is 0.629. The molecule has 0 aromatic heterocycles. The topological polar surface area (TPSA) is 20.2 Å². The lowest BCUT2D eigenvalue weighted by molar-refractivity contribution is -0.0251. The van der Waals surface area contributed by atoms with E-state index in [4.69, 9.17) is 11.6 Å². The average Bonchev–Trinajstić information content (AvgIpc) is 3.13. The summed E-state index contributed by atoms with van der Waals surface area (Å²) in [5.74, 6) is 1.62. The van der Waals surface area contributed by atoms with E-state index in [-0.39, 0.29) is 0 Å². The molecule has 92 valence electrons. The van der Waals surface area contributed by atoms with E-state index in [1.807, 2.05) is 24.3 Å². The lowest BCUT2D eigenvalue weighted by atomic mass is 9.73. The first-order valence-electron chi connectivity index (χ1n) is 6.66. The summed E-state index contributed by atoms with van der Waals surface area (Å²) < 4.78 is 0. The highest BCUT2D eigenvalue weighted by Gasteiger charge is 2.41. The second-order valence-corrected chi connectivity index (χ2v) is 6.17. The Kier molecular flexibility index (Phi) is 2.92. The Bertz CT molecular complexity index is 413. The van der Waals surface area contributed by atoms with Crippen LogP contribution in [0.25, 0.3) is 0 Å². The van der Waals surface area contributed by atoms with Crippen molar-refractivity contribution in [3.63, 3.8) is 0 Å². The van der Waals surface area contributed by atoms with Crippen molar-refractivity contribution in [3.05, 3.63) is 34.9 Å². The van der Waals surface area contributed by atoms with E-state index in [0.717, 1.165) is 41.7 Å². The Balaban J connectivity index is 1.83. The Morgan fingerprint density at radius 3 is 2.71 bits per heavy atom. The average molecular weight is 251 g/mol. The molecular formula is C15H19ClO. The van der Waals surface area contributed by atoms with Crippen molar-refractivity contribution in [1.82, 2.24) is 0 Å². The van der Waals surface area contributed by atoms with Crippen molar-refractivity contribution in [2.45, 2.75) is 44.1 Å². The fraction of sp³-hybridized carbons (Fsp3) is 0.600. The maximum absolute atomic E-state index is 10.9. The predicted octanol–water partition coefficient (Wildman–Crippen LogP) is 4.13. The van der Waals surface area contributed by atoms with Crippen LogP contribution < -0.4 is 0 Å². The summed E-state index contributed by atoms with van der Waals surface area (Å²) in [6.07, 6.45) is 7.00. The number of hydrogen-bond acceptors (Lipinski definition) is 1. The maximum Gasteiger partial charge on any atom is 0.0899 e. The summed E-state index contributed by atoms with van der Waals surface area (Å²) in [5, 5.41) is 11.6. The quantitative estimate of drug-likeness (QED) is 0.837. The molecule has 1 aromatic carbocycles. The normalized spacial score (nSPS) is 33.6. The van der Waals surface area contributed by atoms with Gasteiger partial charge in [0.2, 0.25) is 0 Å². The minimum Gasteiger partial charge on any atom is -0.385 e. The van der Waals surface area contributed by atoms with E-state index in [2.05, 4.69) is 0 Å². The third kappa shape index (κ3) is 2.36. The third-order valence-corrected chi connectivity index (χ3v) is 4.65. The van der Waals surface area contributed by atoms with Gasteiger partial charge in [-0.3, -0.25) is 0 Å². The van der Waals surface area contributed by atoms with Crippen LogP contribution in [0.4, 0.5) is 0 Å². The summed E-state index contributed by atoms with van der Waals surface area (Å²) in [7, 11) is 0. The fourth-order valence-corrected chi connectivity index (χ4v) is 3.49. The Labute approximate surface area is 108 Å². The SMILES string of the molecule is OC1(c2cccc(Cl)c2)CCCC(C2CC2)C1. The molecule has 2 heteroatoms. The lowest BCUT2D eigenvalue weighted by Crippen LogP contribution is -2.33. The van der Waals surface area contributed by atoms with E-state index >= 15 is 0 Å². The smallest absolute Gasteiger partial charge is 0.0899 e. The van der Waals surface area contributed by atoms with Crippen molar-refractivity contribution in [2.24, 2.45) is 11.8 Å². The van der Waals surface area contributed by atoms with Gasteiger partial charge in [-0.05, 0) is 68.1 Å². The van der Waals surface area contributed by atoms with Crippen molar-refractivity contribution in [1.29, 1.82) is 0 Å². The molecule has 0 radical (unpaired) electrons. The van der Waals surface area contributed by atoms with Crippen molar-refractivity contribution < 1.29 is 5.11 Å². The van der Waals surface area contributed by atoms with Gasteiger partial charge in [-0.1, -0.05) is 23.7 Å². The lowest BCUT2D eigenvalue weighted by Gasteiger charge is -2.37. The van der Waals surface area contributed by atoms with Gasteiger partial charge in [0.25, 0.3) is 0 Å². The zero-order valence-corrected chi connectivity index (χ0v) is 10.8. The molecule has 2 aliphatic carbocycles. The van der Waals surface area contributed by atoms with Gasteiger partial charge >= 0.3 is 0 Å². The standard InChI is InChI=1S/C15H19ClO/c16-14-5-1-4-13(9-14)15(17)8-2-3-12(10-15)11-6-7-11/h1,4-5,9,11-12,17H,2-3,6-8,10H2. The van der Waals surface area contributed by atoms with Gasteiger partial charge in [-0.15, -0.1) is 0 Å². The second kappa shape index (κ2) is 4.29. The zero-order valence-electron chi connectivity index (χ0n) is 10.0. The molecule has 2 unspecified atom stereocenters. The molecule has 1 aromatic rings. The summed E-state index contributed by atoms with van der Waals surface area (Å²) in [5.41, 5.74) is 0.381. The summed E-state index contributed by atoms with van der Waals surface area (Å²) in [6.45, 7) is 0. The van der Waals surface area contributed by atoms with Crippen LogP contribution in [0.15, 0.2) is 24.3 Å². The van der Waals surface area contributed by atoms with Gasteiger partial charge < -0.3 is 5.11 Å². The summed E-state index contributed by atoms with van der Waals surface area (Å²) in [4.78, 5) is 0. The monoisotopic (exact) mass is 250 g/mol. The maximum atomic E-state index is 10.9. The molecule has 0 aliphatic heterocycles. The van der Waals surface area contributed by atoms with Gasteiger partial charge in [0.05, 0.1) is 5.60 Å². The molecule has 0 amide bonds. The number of halogens is 1. The number of hydrogen-bond donors (Lipinski definition) is 1. The van der Waals surface area contributed by atoms with Crippen LogP contribution in [0.3, 0.4) is 0 Å². The van der Waals surface area contributed by atoms with E-state index < -0.39 is 5.60 Å². The van der Waals surface area contributed by atoms with Crippen LogP contribution in [-0.2, 0) is 5.60 Å². The van der Waals surface area contributed by atoms with Crippen LogP contribution in [0.5, 0.6) is 0 Å². The van der Waals surface area contributed by atoms with Crippen molar-refractivity contribution >= 4 is 11.6 Å². The Hall–Kier alpha value is -0.530. The summed E-state index contributed by atoms with van der Waals surface area (Å²) in [6, 6.07) is 7.75. The molecular weight excluding hydrogens is 232 g/mol. The predicted molar refractivity (Wildman–Crippen MR) is 70.0 cm³/mol. The largest absolute Gasteiger partial charge is 0.385 e. The molecule has 0 heterocycles. The van der Waals surface area contributed by atoms with Gasteiger partial charge in [-0.2, -0.15) is 0 Å². The third-order valence-electron chi connectivity index (χ3n) is 4.42. The van der Waals surface area contributed by atoms with Crippen LogP contribution in [0, 0.1) is 11.8 Å². The highest BCUT2D eigenvalue weighted by molar-refractivity contribution is 6.30. The summed E-state index contributed by atoms with van der Waals surface area (Å²) >= 11 is 6.03. The molecule has 0 spiro atoms. The van der Waals surface area contributed by atoms with Crippen LogP contribution in [-0.4, -0.2) is 5.11 Å². The van der Waals surface area contributed by atoms with E-state index in [9.17, 15) is 5.11 Å². The highest BCUT2D eigenvalue weighted by Crippen LogP contribution is 2.49. The molecule has 2 aliphatic rings. The molecule has 0 saturated heterocycles. The number of aliphatic hydroxyl groups is 1. The molecule has 1 nitrogen and oxygen atoms in total. The zero-order chi connectivity index (χ0) is 11.9. The molecule has 17 heavy (non-hydrogen) atoms. The van der Waals surface area contributed by atoms with Crippen LogP contribution in [0.1, 0.15) is 44.1 Å². The molecule has 1 N–H and O–H groups in total. The first kappa shape index (κ1) is 11.6. The van der Waals surface area contributed by atoms with Crippen molar-refractivity contribution in [3.8, 4) is 0 Å².